The minimum absolute atomic E-state index is 0.344. The van der Waals surface area contributed by atoms with Gasteiger partial charge < -0.3 is 9.80 Å². The van der Waals surface area contributed by atoms with Crippen molar-refractivity contribution in [2.45, 2.75) is 0 Å². The summed E-state index contributed by atoms with van der Waals surface area (Å²) >= 11 is 23.6. The van der Waals surface area contributed by atoms with Gasteiger partial charge in [0.25, 0.3) is 0 Å². The molecule has 0 fully saturated rings. The molecule has 0 aliphatic rings. The maximum absolute atomic E-state index is 5.89. The smallest absolute Gasteiger partial charge is 0.245 e. The highest BCUT2D eigenvalue weighted by Crippen LogP contribution is 2.16. The monoisotopic (exact) mass is 594 g/mol. The standard InChI is InChI=1S/C26H30Cl4N8/c27-10-15-37(16-11-28)23-5-1-21(2-6-23)19-32-35-25-9-14-31-26(34-25)36-33-20-22-3-7-24(8-4-22)38(17-12-29)18-13-30/h1-9,14,19-20H,10-13,15-18H2,(H2,31,34,35,36)/b32-19-,33-20-. The molecule has 202 valence electrons. The van der Waals surface area contributed by atoms with Crippen molar-refractivity contribution in [2.24, 2.45) is 10.2 Å². The van der Waals surface area contributed by atoms with Crippen molar-refractivity contribution in [3.8, 4) is 0 Å². The molecule has 0 saturated heterocycles. The van der Waals surface area contributed by atoms with E-state index in [2.05, 4.69) is 40.8 Å². The molecule has 1 aromatic heterocycles. The number of halogens is 4. The van der Waals surface area contributed by atoms with Gasteiger partial charge in [0, 0.05) is 73.3 Å². The molecule has 1 heterocycles. The first-order chi connectivity index (χ1) is 18.7. The number of hydrogen-bond donors (Lipinski definition) is 2. The van der Waals surface area contributed by atoms with Crippen LogP contribution in [-0.4, -0.2) is 72.1 Å². The van der Waals surface area contributed by atoms with E-state index in [9.17, 15) is 0 Å². The first-order valence-electron chi connectivity index (χ1n) is 12.0. The Morgan fingerprint density at radius 1 is 0.632 bits per heavy atom. The van der Waals surface area contributed by atoms with Crippen molar-refractivity contribution in [3.05, 3.63) is 71.9 Å². The van der Waals surface area contributed by atoms with Crippen LogP contribution in [0.4, 0.5) is 23.1 Å². The average molecular weight is 596 g/mol. The summed E-state index contributed by atoms with van der Waals surface area (Å²) < 4.78 is 0. The van der Waals surface area contributed by atoms with E-state index >= 15 is 0 Å². The lowest BCUT2D eigenvalue weighted by Crippen LogP contribution is -2.27. The van der Waals surface area contributed by atoms with Crippen LogP contribution in [-0.2, 0) is 0 Å². The number of alkyl halides is 4. The van der Waals surface area contributed by atoms with E-state index in [0.29, 0.717) is 35.3 Å². The highest BCUT2D eigenvalue weighted by atomic mass is 35.5. The van der Waals surface area contributed by atoms with Gasteiger partial charge >= 0.3 is 0 Å². The normalized spacial score (nSPS) is 11.3. The summed E-state index contributed by atoms with van der Waals surface area (Å²) in [5.41, 5.74) is 9.76. The van der Waals surface area contributed by atoms with Gasteiger partial charge in [-0.2, -0.15) is 15.2 Å². The molecule has 12 heteroatoms. The molecule has 2 N–H and O–H groups in total. The van der Waals surface area contributed by atoms with Crippen LogP contribution in [0.5, 0.6) is 0 Å². The van der Waals surface area contributed by atoms with Gasteiger partial charge in [-0.05, 0) is 35.4 Å². The zero-order chi connectivity index (χ0) is 27.0. The van der Waals surface area contributed by atoms with E-state index in [1.807, 2.05) is 48.5 Å². The molecule has 0 atom stereocenters. The average Bonchev–Trinajstić information content (AvgIpc) is 2.94. The third-order valence-electron chi connectivity index (χ3n) is 5.36. The summed E-state index contributed by atoms with van der Waals surface area (Å²) in [6.07, 6.45) is 5.04. The van der Waals surface area contributed by atoms with Gasteiger partial charge in [0.15, 0.2) is 5.82 Å². The molecule has 2 aromatic carbocycles. The number of benzene rings is 2. The summed E-state index contributed by atoms with van der Waals surface area (Å²) in [7, 11) is 0. The Balaban J connectivity index is 1.52. The quantitative estimate of drug-likeness (QED) is 0.121. The second kappa shape index (κ2) is 16.9. The Morgan fingerprint density at radius 3 is 1.53 bits per heavy atom. The summed E-state index contributed by atoms with van der Waals surface area (Å²) in [5, 5.41) is 8.50. The molecule has 0 amide bonds. The van der Waals surface area contributed by atoms with Crippen molar-refractivity contribution in [1.29, 1.82) is 0 Å². The molecular weight excluding hydrogens is 566 g/mol. The van der Waals surface area contributed by atoms with Gasteiger partial charge in [0.2, 0.25) is 5.95 Å². The number of nitrogens with one attached hydrogen (secondary N) is 2. The fourth-order valence-electron chi connectivity index (χ4n) is 3.50. The number of rotatable bonds is 16. The van der Waals surface area contributed by atoms with Crippen LogP contribution in [0.2, 0.25) is 0 Å². The summed E-state index contributed by atoms with van der Waals surface area (Å²) in [4.78, 5) is 12.8. The van der Waals surface area contributed by atoms with E-state index in [1.54, 1.807) is 24.7 Å². The summed E-state index contributed by atoms with van der Waals surface area (Å²) in [6.45, 7) is 2.97. The molecule has 3 rings (SSSR count). The molecule has 0 spiro atoms. The SMILES string of the molecule is ClCCN(CCCl)c1ccc(/C=N\Nc2ccnc(N/N=C\c3ccc(N(CCCl)CCCl)cc3)n2)cc1. The Hall–Kier alpha value is -2.78. The minimum atomic E-state index is 0.344. The van der Waals surface area contributed by atoms with Crippen LogP contribution in [0.1, 0.15) is 11.1 Å². The van der Waals surface area contributed by atoms with Crippen molar-refractivity contribution >= 4 is 82.0 Å². The predicted molar refractivity (Wildman–Crippen MR) is 165 cm³/mol. The molecule has 0 aliphatic carbocycles. The lowest BCUT2D eigenvalue weighted by atomic mass is 10.2. The Bertz CT molecular complexity index is 1040. The van der Waals surface area contributed by atoms with Gasteiger partial charge in [-0.25, -0.2) is 10.4 Å². The van der Waals surface area contributed by atoms with E-state index < -0.39 is 0 Å². The van der Waals surface area contributed by atoms with Gasteiger partial charge in [-0.3, -0.25) is 5.43 Å². The number of aromatic nitrogens is 2. The topological polar surface area (TPSA) is 81.0 Å². The molecule has 38 heavy (non-hydrogen) atoms. The molecule has 0 aliphatic heterocycles. The van der Waals surface area contributed by atoms with Crippen LogP contribution in [0.3, 0.4) is 0 Å². The lowest BCUT2D eigenvalue weighted by Gasteiger charge is -2.22. The number of nitrogens with zero attached hydrogens (tertiary/aromatic N) is 6. The van der Waals surface area contributed by atoms with Crippen molar-refractivity contribution < 1.29 is 0 Å². The molecule has 8 nitrogen and oxygen atoms in total. The second-order valence-corrected chi connectivity index (χ2v) is 9.43. The zero-order valence-electron chi connectivity index (χ0n) is 20.8. The fraction of sp³-hybridized carbons (Fsp3) is 0.308. The first kappa shape index (κ1) is 29.8. The molecule has 0 saturated carbocycles. The van der Waals surface area contributed by atoms with Crippen LogP contribution in [0.15, 0.2) is 71.0 Å². The third kappa shape index (κ3) is 9.83. The van der Waals surface area contributed by atoms with Gasteiger partial charge in [0.05, 0.1) is 12.4 Å². The predicted octanol–water partition coefficient (Wildman–Crippen LogP) is 5.94. The maximum atomic E-state index is 5.89. The molecule has 0 radical (unpaired) electrons. The van der Waals surface area contributed by atoms with Crippen molar-refractivity contribution in [3.63, 3.8) is 0 Å². The van der Waals surface area contributed by atoms with Gasteiger partial charge in [0.1, 0.15) is 0 Å². The number of hydrogen-bond acceptors (Lipinski definition) is 8. The molecule has 0 bridgehead atoms. The van der Waals surface area contributed by atoms with E-state index in [0.717, 1.165) is 48.7 Å². The minimum Gasteiger partial charge on any atom is -0.369 e. The third-order valence-corrected chi connectivity index (χ3v) is 6.04. The van der Waals surface area contributed by atoms with E-state index in [1.165, 1.54) is 0 Å². The summed E-state index contributed by atoms with van der Waals surface area (Å²) in [6, 6.07) is 17.7. The highest BCUT2D eigenvalue weighted by molar-refractivity contribution is 6.19. The zero-order valence-corrected chi connectivity index (χ0v) is 23.8. The van der Waals surface area contributed by atoms with Crippen LogP contribution >= 0.6 is 46.4 Å². The second-order valence-electron chi connectivity index (χ2n) is 7.92. The maximum Gasteiger partial charge on any atom is 0.245 e. The fourth-order valence-corrected chi connectivity index (χ4v) is 4.32. The number of anilines is 4. The first-order valence-corrected chi connectivity index (χ1v) is 14.2. The largest absolute Gasteiger partial charge is 0.369 e. The van der Waals surface area contributed by atoms with E-state index in [4.69, 9.17) is 46.4 Å². The molecular formula is C26H30Cl4N8. The molecule has 0 unspecified atom stereocenters. The van der Waals surface area contributed by atoms with Crippen LogP contribution in [0, 0.1) is 0 Å². The Labute approximate surface area is 243 Å². The highest BCUT2D eigenvalue weighted by Gasteiger charge is 2.06. The Kier molecular flexibility index (Phi) is 13.3. The van der Waals surface area contributed by atoms with Crippen molar-refractivity contribution in [1.82, 2.24) is 9.97 Å². The Morgan fingerprint density at radius 2 is 1.08 bits per heavy atom. The van der Waals surface area contributed by atoms with Crippen LogP contribution in [0.25, 0.3) is 0 Å². The van der Waals surface area contributed by atoms with Gasteiger partial charge in [-0.1, -0.05) is 24.3 Å². The summed E-state index contributed by atoms with van der Waals surface area (Å²) in [5.74, 6) is 3.05. The number of hydrazone groups is 2. The lowest BCUT2D eigenvalue weighted by molar-refractivity contribution is 0.874. The van der Waals surface area contributed by atoms with Crippen molar-refractivity contribution in [2.75, 3.05) is 70.4 Å². The van der Waals surface area contributed by atoms with E-state index in [-0.39, 0.29) is 0 Å². The van der Waals surface area contributed by atoms with Crippen LogP contribution < -0.4 is 20.7 Å². The van der Waals surface area contributed by atoms with Gasteiger partial charge in [-0.15, -0.1) is 46.4 Å². The molecule has 3 aromatic rings.